The van der Waals surface area contributed by atoms with Crippen LogP contribution in [0.2, 0.25) is 0 Å². The Balaban J connectivity index is 1.87. The van der Waals surface area contributed by atoms with Crippen molar-refractivity contribution in [2.24, 2.45) is 5.92 Å². The quantitative estimate of drug-likeness (QED) is 0.743. The minimum atomic E-state index is 0.0185. The van der Waals surface area contributed by atoms with Gasteiger partial charge < -0.3 is 4.52 Å². The van der Waals surface area contributed by atoms with Gasteiger partial charge in [0, 0.05) is 12.4 Å². The molecule has 2 unspecified atom stereocenters. The lowest BCUT2D eigenvalue weighted by Crippen LogP contribution is -1.89. The normalized spacial score (nSPS) is 22.7. The zero-order chi connectivity index (χ0) is 11.0. The molecule has 0 spiro atoms. The van der Waals surface area contributed by atoms with Crippen LogP contribution in [0.25, 0.3) is 11.6 Å². The molecule has 2 aromatic rings. The Kier molecular flexibility index (Phi) is 1.90. The molecule has 6 heteroatoms. The maximum atomic E-state index is 8.70. The van der Waals surface area contributed by atoms with Gasteiger partial charge in [-0.15, -0.1) is 0 Å². The van der Waals surface area contributed by atoms with Gasteiger partial charge >= 0.3 is 0 Å². The van der Waals surface area contributed by atoms with Gasteiger partial charge in [0.25, 0.3) is 0 Å². The molecule has 1 fully saturated rings. The summed E-state index contributed by atoms with van der Waals surface area (Å²) in [6, 6.07) is 3.90. The summed E-state index contributed by atoms with van der Waals surface area (Å²) in [5.74, 6) is 1.43. The standard InChI is InChI=1S/C10H7N5O/c11-5-6-4-7(6)10-14-9(15-16-10)8-12-2-1-3-13-8/h1-3,6-7H,4H2. The molecule has 0 radical (unpaired) electrons. The van der Waals surface area contributed by atoms with Crippen LogP contribution >= 0.6 is 0 Å². The molecule has 0 N–H and O–H groups in total. The highest BCUT2D eigenvalue weighted by atomic mass is 16.5. The van der Waals surface area contributed by atoms with E-state index in [1.165, 1.54) is 0 Å². The number of hydrogen-bond donors (Lipinski definition) is 0. The van der Waals surface area contributed by atoms with E-state index in [1.54, 1.807) is 18.5 Å². The van der Waals surface area contributed by atoms with E-state index in [9.17, 15) is 0 Å². The molecule has 0 amide bonds. The van der Waals surface area contributed by atoms with Crippen LogP contribution in [0.15, 0.2) is 23.0 Å². The van der Waals surface area contributed by atoms with Crippen molar-refractivity contribution < 1.29 is 4.52 Å². The van der Waals surface area contributed by atoms with Crippen molar-refractivity contribution in [2.75, 3.05) is 0 Å². The van der Waals surface area contributed by atoms with Crippen molar-refractivity contribution in [1.29, 1.82) is 5.26 Å². The Hall–Kier alpha value is -2.29. The Morgan fingerprint density at radius 3 is 2.81 bits per heavy atom. The average molecular weight is 213 g/mol. The van der Waals surface area contributed by atoms with Crippen LogP contribution in [0.5, 0.6) is 0 Å². The van der Waals surface area contributed by atoms with E-state index < -0.39 is 0 Å². The summed E-state index contributed by atoms with van der Waals surface area (Å²) in [4.78, 5) is 12.2. The maximum absolute atomic E-state index is 8.70. The van der Waals surface area contributed by atoms with Crippen molar-refractivity contribution in [2.45, 2.75) is 12.3 Å². The van der Waals surface area contributed by atoms with Gasteiger partial charge in [0.05, 0.1) is 17.9 Å². The number of nitrogens with zero attached hydrogens (tertiary/aromatic N) is 5. The van der Waals surface area contributed by atoms with Gasteiger partial charge in [0.1, 0.15) is 0 Å². The van der Waals surface area contributed by atoms with Gasteiger partial charge in [-0.05, 0) is 12.5 Å². The van der Waals surface area contributed by atoms with Crippen LogP contribution < -0.4 is 0 Å². The smallest absolute Gasteiger partial charge is 0.240 e. The van der Waals surface area contributed by atoms with Crippen molar-refractivity contribution in [3.63, 3.8) is 0 Å². The molecule has 0 saturated heterocycles. The van der Waals surface area contributed by atoms with Crippen molar-refractivity contribution in [1.82, 2.24) is 20.1 Å². The van der Waals surface area contributed by atoms with E-state index in [0.29, 0.717) is 17.5 Å². The summed E-state index contributed by atoms with van der Waals surface area (Å²) in [5, 5.41) is 12.5. The van der Waals surface area contributed by atoms with Crippen LogP contribution in [-0.4, -0.2) is 20.1 Å². The summed E-state index contributed by atoms with van der Waals surface area (Å²) in [7, 11) is 0. The molecule has 0 bridgehead atoms. The molecule has 0 aliphatic heterocycles. The first kappa shape index (κ1) is 8.97. The van der Waals surface area contributed by atoms with Crippen LogP contribution in [0.3, 0.4) is 0 Å². The van der Waals surface area contributed by atoms with E-state index in [4.69, 9.17) is 9.78 Å². The van der Waals surface area contributed by atoms with Gasteiger partial charge in [-0.2, -0.15) is 10.2 Å². The molecule has 0 aromatic carbocycles. The summed E-state index contributed by atoms with van der Waals surface area (Å²) < 4.78 is 5.08. The third-order valence-electron chi connectivity index (χ3n) is 2.48. The predicted molar refractivity (Wildman–Crippen MR) is 51.8 cm³/mol. The highest BCUT2D eigenvalue weighted by Crippen LogP contribution is 2.46. The Morgan fingerprint density at radius 2 is 2.12 bits per heavy atom. The second kappa shape index (κ2) is 3.38. The first-order valence-corrected chi connectivity index (χ1v) is 4.89. The van der Waals surface area contributed by atoms with Gasteiger partial charge in [0.2, 0.25) is 17.5 Å². The van der Waals surface area contributed by atoms with Gasteiger partial charge in [-0.3, -0.25) is 0 Å². The van der Waals surface area contributed by atoms with Crippen molar-refractivity contribution >= 4 is 0 Å². The number of aromatic nitrogens is 4. The second-order valence-electron chi connectivity index (χ2n) is 3.61. The topological polar surface area (TPSA) is 88.5 Å². The molecule has 2 aromatic heterocycles. The van der Waals surface area contributed by atoms with Crippen molar-refractivity contribution in [3.05, 3.63) is 24.4 Å². The van der Waals surface area contributed by atoms with E-state index in [1.807, 2.05) is 0 Å². The molecule has 3 rings (SSSR count). The van der Waals surface area contributed by atoms with Crippen molar-refractivity contribution in [3.8, 4) is 17.7 Å². The Labute approximate surface area is 91.0 Å². The number of rotatable bonds is 2. The summed E-state index contributed by atoms with van der Waals surface area (Å²) in [6.07, 6.45) is 4.04. The third kappa shape index (κ3) is 1.42. The van der Waals surface area contributed by atoms with Gasteiger partial charge in [0.15, 0.2) is 0 Å². The summed E-state index contributed by atoms with van der Waals surface area (Å²) in [6.45, 7) is 0. The average Bonchev–Trinajstić information content (AvgIpc) is 2.98. The SMILES string of the molecule is N#CC1CC1c1nc(-c2ncccn2)no1. The number of hydrogen-bond acceptors (Lipinski definition) is 6. The fraction of sp³-hybridized carbons (Fsp3) is 0.300. The molecular weight excluding hydrogens is 206 g/mol. The summed E-state index contributed by atoms with van der Waals surface area (Å²) in [5.41, 5.74) is 0. The third-order valence-corrected chi connectivity index (χ3v) is 2.48. The van der Waals surface area contributed by atoms with Gasteiger partial charge in [-0.1, -0.05) is 5.16 Å². The largest absolute Gasteiger partial charge is 0.339 e. The molecule has 78 valence electrons. The highest BCUT2D eigenvalue weighted by molar-refractivity contribution is 5.40. The lowest BCUT2D eigenvalue weighted by molar-refractivity contribution is 0.378. The first-order valence-electron chi connectivity index (χ1n) is 4.89. The second-order valence-corrected chi connectivity index (χ2v) is 3.61. The van der Waals surface area contributed by atoms with E-state index >= 15 is 0 Å². The predicted octanol–water partition coefficient (Wildman–Crippen LogP) is 1.15. The molecule has 2 heterocycles. The van der Waals surface area contributed by atoms with E-state index in [2.05, 4.69) is 26.2 Å². The lowest BCUT2D eigenvalue weighted by atomic mass is 10.3. The van der Waals surface area contributed by atoms with Crippen LogP contribution in [0.4, 0.5) is 0 Å². The molecule has 1 aliphatic rings. The summed E-state index contributed by atoms with van der Waals surface area (Å²) >= 11 is 0. The fourth-order valence-electron chi connectivity index (χ4n) is 1.50. The van der Waals surface area contributed by atoms with Crippen LogP contribution in [0, 0.1) is 17.2 Å². The molecule has 16 heavy (non-hydrogen) atoms. The lowest BCUT2D eigenvalue weighted by Gasteiger charge is -1.88. The maximum Gasteiger partial charge on any atom is 0.240 e. The molecule has 2 atom stereocenters. The van der Waals surface area contributed by atoms with Crippen LogP contribution in [0.1, 0.15) is 18.2 Å². The Bertz CT molecular complexity index is 544. The number of nitriles is 1. The monoisotopic (exact) mass is 213 g/mol. The molecule has 6 nitrogen and oxygen atoms in total. The zero-order valence-electron chi connectivity index (χ0n) is 8.24. The molecular formula is C10H7N5O. The van der Waals surface area contributed by atoms with E-state index in [0.717, 1.165) is 6.42 Å². The molecule has 1 aliphatic carbocycles. The van der Waals surface area contributed by atoms with Gasteiger partial charge in [-0.25, -0.2) is 9.97 Å². The minimum Gasteiger partial charge on any atom is -0.339 e. The molecule has 1 saturated carbocycles. The fourth-order valence-corrected chi connectivity index (χ4v) is 1.50. The van der Waals surface area contributed by atoms with E-state index in [-0.39, 0.29) is 11.8 Å². The Morgan fingerprint density at radius 1 is 1.31 bits per heavy atom. The first-order chi connectivity index (χ1) is 7.88. The van der Waals surface area contributed by atoms with Crippen LogP contribution in [-0.2, 0) is 0 Å². The highest BCUT2D eigenvalue weighted by Gasteiger charge is 2.43. The minimum absolute atomic E-state index is 0.0185. The zero-order valence-corrected chi connectivity index (χ0v) is 8.24.